The molecule has 50 heavy (non-hydrogen) atoms. The number of fused-ring (bicyclic) bond motifs is 1. The number of nitrogens with one attached hydrogen (secondary N) is 2. The first-order valence-corrected chi connectivity index (χ1v) is 17.6. The van der Waals surface area contributed by atoms with Gasteiger partial charge in [0.1, 0.15) is 5.65 Å². The van der Waals surface area contributed by atoms with Gasteiger partial charge in [0.2, 0.25) is 5.88 Å². The first-order chi connectivity index (χ1) is 23.8. The normalized spacial score (nSPS) is 23.0. The first-order valence-electron chi connectivity index (χ1n) is 16.9. The van der Waals surface area contributed by atoms with Crippen LogP contribution in [-0.4, -0.2) is 55.0 Å². The maximum Gasteiger partial charge on any atom is 0.262 e. The first kappa shape index (κ1) is 34.6. The van der Waals surface area contributed by atoms with Crippen LogP contribution in [0.1, 0.15) is 56.4 Å². The number of halogens is 2. The number of hydrogen-bond donors (Lipinski definition) is 4. The highest BCUT2D eigenvalue weighted by molar-refractivity contribution is 6.39. The molecule has 2 fully saturated rings. The van der Waals surface area contributed by atoms with Crippen LogP contribution >= 0.6 is 23.2 Å². The van der Waals surface area contributed by atoms with Gasteiger partial charge < -0.3 is 25.6 Å². The third-order valence-electron chi connectivity index (χ3n) is 10.0. The minimum absolute atomic E-state index is 0.122. The van der Waals surface area contributed by atoms with Gasteiger partial charge in [0.15, 0.2) is 0 Å². The number of aliphatic hydroxyl groups is 2. The van der Waals surface area contributed by atoms with Crippen LogP contribution in [0.25, 0.3) is 39.2 Å². The predicted molar refractivity (Wildman–Crippen MR) is 198 cm³/mol. The van der Waals surface area contributed by atoms with Crippen LogP contribution in [0, 0.1) is 6.92 Å². The van der Waals surface area contributed by atoms with E-state index in [0.717, 1.165) is 46.2 Å². The lowest BCUT2D eigenvalue weighted by Gasteiger charge is -2.41. The lowest BCUT2D eigenvalue weighted by atomic mass is 9.77. The van der Waals surface area contributed by atoms with Gasteiger partial charge in [-0.05, 0) is 70.2 Å². The summed E-state index contributed by atoms with van der Waals surface area (Å²) >= 11 is 14.2. The number of benzene rings is 2. The van der Waals surface area contributed by atoms with E-state index in [9.17, 15) is 15.0 Å². The Morgan fingerprint density at radius 3 is 2.04 bits per heavy atom. The van der Waals surface area contributed by atoms with Gasteiger partial charge in [-0.2, -0.15) is 0 Å². The molecule has 11 heteroatoms. The molecule has 0 saturated heterocycles. The number of methoxy groups -OCH3 is 1. The van der Waals surface area contributed by atoms with Crippen molar-refractivity contribution in [1.29, 1.82) is 0 Å². The molecule has 0 aliphatic heterocycles. The molecule has 3 aromatic heterocycles. The maximum absolute atomic E-state index is 13.5. The van der Waals surface area contributed by atoms with Crippen molar-refractivity contribution in [3.05, 3.63) is 104 Å². The summed E-state index contributed by atoms with van der Waals surface area (Å²) in [5, 5.41) is 28.0. The van der Waals surface area contributed by atoms with Crippen molar-refractivity contribution in [3.63, 3.8) is 0 Å². The van der Waals surface area contributed by atoms with Gasteiger partial charge >= 0.3 is 0 Å². The van der Waals surface area contributed by atoms with Crippen LogP contribution in [0.4, 0.5) is 0 Å². The van der Waals surface area contributed by atoms with Crippen LogP contribution in [-0.2, 0) is 13.1 Å². The Kier molecular flexibility index (Phi) is 9.26. The molecule has 260 valence electrons. The second-order valence-corrected chi connectivity index (χ2v) is 15.0. The number of nitrogens with zero attached hydrogens (tertiary/aromatic N) is 3. The summed E-state index contributed by atoms with van der Waals surface area (Å²) < 4.78 is 7.21. The van der Waals surface area contributed by atoms with Crippen molar-refractivity contribution >= 4 is 28.8 Å². The van der Waals surface area contributed by atoms with Crippen molar-refractivity contribution in [1.82, 2.24) is 25.0 Å². The SMILES string of the molecule is COc1nc(-c2cccc(-c3cccc(-c4ccn5c(=O)c(CN[C@H]6C[C@](C)(O)C6)c(C)nc5c4)c3Cl)c2Cl)ccc1CN[C@H]1C[C@](C)(O)C1. The molecular weight excluding hydrogens is 673 g/mol. The van der Waals surface area contributed by atoms with Crippen molar-refractivity contribution in [3.8, 4) is 39.4 Å². The van der Waals surface area contributed by atoms with Crippen LogP contribution in [0.3, 0.4) is 0 Å². The third kappa shape index (κ3) is 6.78. The molecule has 0 amide bonds. The van der Waals surface area contributed by atoms with E-state index in [1.807, 2.05) is 81.4 Å². The zero-order valence-electron chi connectivity index (χ0n) is 28.6. The van der Waals surface area contributed by atoms with Crippen molar-refractivity contribution in [2.24, 2.45) is 0 Å². The van der Waals surface area contributed by atoms with E-state index >= 15 is 0 Å². The molecule has 7 rings (SSSR count). The summed E-state index contributed by atoms with van der Waals surface area (Å²) in [7, 11) is 1.60. The van der Waals surface area contributed by atoms with Gasteiger partial charge in [0.25, 0.3) is 5.56 Å². The second kappa shape index (κ2) is 13.4. The second-order valence-electron chi connectivity index (χ2n) is 14.3. The van der Waals surface area contributed by atoms with Crippen LogP contribution < -0.4 is 20.9 Å². The maximum atomic E-state index is 13.5. The molecule has 3 heterocycles. The van der Waals surface area contributed by atoms with E-state index in [1.54, 1.807) is 17.7 Å². The highest BCUT2D eigenvalue weighted by atomic mass is 35.5. The summed E-state index contributed by atoms with van der Waals surface area (Å²) in [5.74, 6) is 0.512. The highest BCUT2D eigenvalue weighted by Gasteiger charge is 2.38. The monoisotopic (exact) mass is 713 g/mol. The Balaban J connectivity index is 1.15. The van der Waals surface area contributed by atoms with E-state index in [2.05, 4.69) is 10.6 Å². The lowest BCUT2D eigenvalue weighted by Crippen LogP contribution is -2.51. The average molecular weight is 715 g/mol. The Morgan fingerprint density at radius 1 is 0.840 bits per heavy atom. The molecule has 2 saturated carbocycles. The summed E-state index contributed by atoms with van der Waals surface area (Å²) in [6, 6.07) is 19.7. The predicted octanol–water partition coefficient (Wildman–Crippen LogP) is 6.72. The van der Waals surface area contributed by atoms with Crippen LogP contribution in [0.15, 0.2) is 71.7 Å². The van der Waals surface area contributed by atoms with E-state index < -0.39 is 11.2 Å². The molecule has 5 aromatic rings. The van der Waals surface area contributed by atoms with Gasteiger partial charge in [0.05, 0.1) is 39.6 Å². The molecule has 4 N–H and O–H groups in total. The summed E-state index contributed by atoms with van der Waals surface area (Å²) in [4.78, 5) is 23.0. The highest BCUT2D eigenvalue weighted by Crippen LogP contribution is 2.42. The molecule has 0 spiro atoms. The molecule has 9 nitrogen and oxygen atoms in total. The quantitative estimate of drug-likeness (QED) is 0.126. The zero-order chi connectivity index (χ0) is 35.4. The van der Waals surface area contributed by atoms with Gasteiger partial charge in [0, 0.05) is 64.9 Å². The van der Waals surface area contributed by atoms with Gasteiger partial charge in [-0.15, -0.1) is 0 Å². The molecule has 0 atom stereocenters. The van der Waals surface area contributed by atoms with Crippen molar-refractivity contribution in [2.75, 3.05) is 7.11 Å². The molecule has 0 unspecified atom stereocenters. The Morgan fingerprint density at radius 2 is 1.42 bits per heavy atom. The fourth-order valence-corrected chi connectivity index (χ4v) is 7.94. The molecule has 0 radical (unpaired) electrons. The van der Waals surface area contributed by atoms with Crippen molar-refractivity contribution < 1.29 is 14.9 Å². The summed E-state index contributed by atoms with van der Waals surface area (Å²) in [5.41, 5.74) is 5.92. The Labute approximate surface area is 301 Å². The van der Waals surface area contributed by atoms with Crippen molar-refractivity contribution in [2.45, 2.75) is 82.8 Å². The number of aromatic nitrogens is 3. The average Bonchev–Trinajstić information content (AvgIpc) is 3.05. The lowest BCUT2D eigenvalue weighted by molar-refractivity contribution is -0.0399. The van der Waals surface area contributed by atoms with Gasteiger partial charge in [-0.25, -0.2) is 9.97 Å². The fourth-order valence-electron chi connectivity index (χ4n) is 7.28. The summed E-state index contributed by atoms with van der Waals surface area (Å²) in [6.07, 6.45) is 4.50. The van der Waals surface area contributed by atoms with Gasteiger partial charge in [-0.1, -0.05) is 65.7 Å². The number of aryl methyl sites for hydroxylation is 1. The molecule has 2 aliphatic rings. The minimum atomic E-state index is -0.636. The van der Waals surface area contributed by atoms with E-state index in [0.29, 0.717) is 64.5 Å². The van der Waals surface area contributed by atoms with E-state index in [4.69, 9.17) is 37.9 Å². The van der Waals surface area contributed by atoms with Crippen LogP contribution in [0.2, 0.25) is 10.0 Å². The third-order valence-corrected chi connectivity index (χ3v) is 10.8. The zero-order valence-corrected chi connectivity index (χ0v) is 30.1. The topological polar surface area (TPSA) is 121 Å². The van der Waals surface area contributed by atoms with E-state index in [1.165, 1.54) is 0 Å². The number of pyridine rings is 2. The number of ether oxygens (including phenoxy) is 1. The molecule has 0 bridgehead atoms. The molecular formula is C39H41Cl2N5O4. The Bertz CT molecular complexity index is 2150. The smallest absolute Gasteiger partial charge is 0.262 e. The fraction of sp³-hybridized carbons (Fsp3) is 0.359. The molecule has 2 aliphatic carbocycles. The number of rotatable bonds is 10. The largest absolute Gasteiger partial charge is 0.481 e. The standard InChI is InChI=1S/C39H41Cl2N5O4/c1-22-31(21-43-26-18-39(3,49)19-26)37(47)46-14-13-23(15-33(46)44-22)27-7-5-8-28(34(27)40)29-9-6-10-30(35(29)41)32-12-11-24(36(45-32)50-4)20-42-25-16-38(2,48)17-25/h5-15,25-26,42-43,48-49H,16-21H2,1-4H3/t25-,26-,38-,39-. The van der Waals surface area contributed by atoms with Crippen LogP contribution in [0.5, 0.6) is 5.88 Å². The molecule has 2 aromatic carbocycles. The van der Waals surface area contributed by atoms with Gasteiger partial charge in [-0.3, -0.25) is 9.20 Å². The number of hydrogen-bond acceptors (Lipinski definition) is 8. The summed E-state index contributed by atoms with van der Waals surface area (Å²) in [6.45, 7) is 6.50. The Hall–Kier alpha value is -3.83. The van der Waals surface area contributed by atoms with E-state index in [-0.39, 0.29) is 17.6 Å². The minimum Gasteiger partial charge on any atom is -0.481 e.